The van der Waals surface area contributed by atoms with E-state index in [1.807, 2.05) is 13.1 Å². The summed E-state index contributed by atoms with van der Waals surface area (Å²) in [5.41, 5.74) is 2.28. The number of para-hydroxylation sites is 1. The molecule has 8 nitrogen and oxygen atoms in total. The number of carbonyl (C=O) groups is 1. The predicted octanol–water partition coefficient (Wildman–Crippen LogP) is 3.34. The van der Waals surface area contributed by atoms with E-state index in [1.165, 1.54) is 6.07 Å². The second-order valence-corrected chi connectivity index (χ2v) is 10.1. The van der Waals surface area contributed by atoms with Crippen molar-refractivity contribution in [1.82, 2.24) is 19.8 Å². The molecule has 1 atom stereocenters. The van der Waals surface area contributed by atoms with Crippen LogP contribution in [0, 0.1) is 6.92 Å². The van der Waals surface area contributed by atoms with Gasteiger partial charge in [-0.15, -0.1) is 0 Å². The summed E-state index contributed by atoms with van der Waals surface area (Å²) >= 11 is 1.67. The summed E-state index contributed by atoms with van der Waals surface area (Å²) in [4.78, 5) is 39.4. The summed E-state index contributed by atoms with van der Waals surface area (Å²) in [6.45, 7) is 7.75. The molecule has 0 N–H and O–H groups in total. The summed E-state index contributed by atoms with van der Waals surface area (Å²) in [5.74, 6) is 0.901. The fraction of sp³-hybridized carbons (Fsp3) is 0.462. The molecule has 2 aliphatic rings. The molecule has 2 fully saturated rings. The van der Waals surface area contributed by atoms with Gasteiger partial charge in [-0.05, 0) is 37.5 Å². The van der Waals surface area contributed by atoms with Crippen molar-refractivity contribution < 1.29 is 13.9 Å². The predicted molar refractivity (Wildman–Crippen MR) is 135 cm³/mol. The number of aryl methyl sites for hydroxylation is 1. The molecule has 0 spiro atoms. The monoisotopic (exact) mass is 494 g/mol. The van der Waals surface area contributed by atoms with Crippen molar-refractivity contribution in [1.29, 1.82) is 0 Å². The third-order valence-corrected chi connectivity index (χ3v) is 7.51. The number of thioether (sulfide) groups is 1. The number of ether oxygens (including phenoxy) is 1. The lowest BCUT2D eigenvalue weighted by molar-refractivity contribution is 0.0410. The van der Waals surface area contributed by atoms with Crippen LogP contribution in [0.3, 0.4) is 0 Å². The van der Waals surface area contributed by atoms with Crippen LogP contribution in [0.25, 0.3) is 11.0 Å². The maximum absolute atomic E-state index is 13.3. The molecule has 2 saturated heterocycles. The van der Waals surface area contributed by atoms with Crippen molar-refractivity contribution >= 4 is 28.6 Å². The van der Waals surface area contributed by atoms with Gasteiger partial charge in [0.1, 0.15) is 5.58 Å². The average molecular weight is 495 g/mol. The molecule has 2 aliphatic heterocycles. The number of likely N-dealkylation sites (tertiary alicyclic amines) is 1. The van der Waals surface area contributed by atoms with Crippen LogP contribution >= 0.6 is 11.8 Å². The lowest BCUT2D eigenvalue weighted by Gasteiger charge is -2.32. The third kappa shape index (κ3) is 5.58. The quantitative estimate of drug-likeness (QED) is 0.381. The van der Waals surface area contributed by atoms with Crippen molar-refractivity contribution in [2.24, 2.45) is 0 Å². The van der Waals surface area contributed by atoms with Gasteiger partial charge in [-0.1, -0.05) is 23.9 Å². The first-order chi connectivity index (χ1) is 17.1. The van der Waals surface area contributed by atoms with Crippen molar-refractivity contribution in [3.05, 3.63) is 63.8 Å². The highest BCUT2D eigenvalue weighted by Gasteiger charge is 2.29. The number of carbonyl (C=O) groups excluding carboxylic acids is 1. The molecular formula is C26H30N4O4S. The average Bonchev–Trinajstić information content (AvgIpc) is 2.90. The van der Waals surface area contributed by atoms with Crippen LogP contribution in [0.15, 0.2) is 50.9 Å². The Morgan fingerprint density at radius 3 is 2.89 bits per heavy atom. The topological polar surface area (TPSA) is 88.8 Å². The Morgan fingerprint density at radius 1 is 1.20 bits per heavy atom. The van der Waals surface area contributed by atoms with Crippen LogP contribution in [-0.2, 0) is 4.74 Å². The Bertz CT molecular complexity index is 1260. The zero-order valence-electron chi connectivity index (χ0n) is 19.9. The minimum Gasteiger partial charge on any atom is -0.451 e. The van der Waals surface area contributed by atoms with E-state index in [9.17, 15) is 9.59 Å². The first kappa shape index (κ1) is 24.0. The van der Waals surface area contributed by atoms with Gasteiger partial charge in [0.15, 0.2) is 16.3 Å². The highest BCUT2D eigenvalue weighted by atomic mass is 32.2. The Balaban J connectivity index is 1.27. The van der Waals surface area contributed by atoms with E-state index < -0.39 is 0 Å². The van der Waals surface area contributed by atoms with Gasteiger partial charge < -0.3 is 14.1 Å². The Labute approximate surface area is 208 Å². The second-order valence-electron chi connectivity index (χ2n) is 9.08. The number of nitrogens with zero attached hydrogens (tertiary/aromatic N) is 4. The van der Waals surface area contributed by atoms with Crippen LogP contribution < -0.4 is 5.43 Å². The van der Waals surface area contributed by atoms with Gasteiger partial charge in [-0.3, -0.25) is 14.5 Å². The lowest BCUT2D eigenvalue weighted by atomic mass is 9.92. The zero-order valence-corrected chi connectivity index (χ0v) is 20.8. The summed E-state index contributed by atoms with van der Waals surface area (Å²) in [5, 5.41) is 1.26. The van der Waals surface area contributed by atoms with Gasteiger partial charge in [0, 0.05) is 56.7 Å². The molecule has 2 aromatic heterocycles. The fourth-order valence-corrected chi connectivity index (χ4v) is 5.58. The Kier molecular flexibility index (Phi) is 7.46. The van der Waals surface area contributed by atoms with Gasteiger partial charge in [0.2, 0.25) is 0 Å². The minimum absolute atomic E-state index is 0.0908. The number of piperidine rings is 1. The molecule has 1 amide bonds. The normalized spacial score (nSPS) is 19.2. The summed E-state index contributed by atoms with van der Waals surface area (Å²) in [6, 6.07) is 8.32. The maximum atomic E-state index is 13.3. The van der Waals surface area contributed by atoms with E-state index in [4.69, 9.17) is 14.1 Å². The number of hydrogen-bond acceptors (Lipinski definition) is 8. The smallest absolute Gasteiger partial charge is 0.289 e. The van der Waals surface area contributed by atoms with Crippen LogP contribution in [0.5, 0.6) is 0 Å². The number of aromatic nitrogens is 2. The van der Waals surface area contributed by atoms with E-state index in [-0.39, 0.29) is 23.0 Å². The third-order valence-electron chi connectivity index (χ3n) is 6.67. The molecule has 4 heterocycles. The maximum Gasteiger partial charge on any atom is 0.289 e. The van der Waals surface area contributed by atoms with Gasteiger partial charge >= 0.3 is 0 Å². The minimum atomic E-state index is -0.246. The highest BCUT2D eigenvalue weighted by Crippen LogP contribution is 2.30. The summed E-state index contributed by atoms with van der Waals surface area (Å²) in [6.07, 6.45) is 3.72. The zero-order chi connectivity index (χ0) is 24.2. The molecule has 9 heteroatoms. The van der Waals surface area contributed by atoms with E-state index in [2.05, 4.69) is 9.88 Å². The van der Waals surface area contributed by atoms with Crippen molar-refractivity contribution in [2.75, 3.05) is 51.7 Å². The van der Waals surface area contributed by atoms with E-state index >= 15 is 0 Å². The SMILES string of the molecule is Cc1cnc(SCCN2CCOCC2)nc1C1CCCN(C(=O)c2cc(=O)c3ccccc3o2)C1. The van der Waals surface area contributed by atoms with Gasteiger partial charge in [-0.25, -0.2) is 9.97 Å². The molecule has 0 bridgehead atoms. The highest BCUT2D eigenvalue weighted by molar-refractivity contribution is 7.99. The second kappa shape index (κ2) is 10.9. The van der Waals surface area contributed by atoms with E-state index in [0.717, 1.165) is 67.9 Å². The molecule has 184 valence electrons. The van der Waals surface area contributed by atoms with Crippen LogP contribution in [0.2, 0.25) is 0 Å². The van der Waals surface area contributed by atoms with E-state index in [1.54, 1.807) is 40.9 Å². The summed E-state index contributed by atoms with van der Waals surface area (Å²) < 4.78 is 11.2. The summed E-state index contributed by atoms with van der Waals surface area (Å²) in [7, 11) is 0. The van der Waals surface area contributed by atoms with Gasteiger partial charge in [0.25, 0.3) is 5.91 Å². The van der Waals surface area contributed by atoms with Gasteiger partial charge in [-0.2, -0.15) is 0 Å². The molecule has 5 rings (SSSR count). The van der Waals surface area contributed by atoms with Crippen LogP contribution in [0.4, 0.5) is 0 Å². The van der Waals surface area contributed by atoms with Crippen molar-refractivity contribution in [3.63, 3.8) is 0 Å². The number of fused-ring (bicyclic) bond motifs is 1. The van der Waals surface area contributed by atoms with Crippen molar-refractivity contribution in [2.45, 2.75) is 30.8 Å². The lowest BCUT2D eigenvalue weighted by Crippen LogP contribution is -2.39. The standard InChI is InChI=1S/C26H30N4O4S/c1-18-16-27-26(35-14-11-29-9-12-33-13-10-29)28-24(18)19-5-4-8-30(17-19)25(32)23-15-21(31)20-6-2-3-7-22(20)34-23/h2-3,6-7,15-16,19H,4-5,8-14,17H2,1H3. The molecule has 0 aliphatic carbocycles. The molecule has 0 saturated carbocycles. The Hall–Kier alpha value is -2.75. The number of amides is 1. The van der Waals surface area contributed by atoms with Crippen LogP contribution in [0.1, 0.15) is 40.6 Å². The molecule has 1 aromatic carbocycles. The molecular weight excluding hydrogens is 464 g/mol. The first-order valence-electron chi connectivity index (χ1n) is 12.2. The number of benzene rings is 1. The number of rotatable bonds is 6. The number of morpholine rings is 1. The van der Waals surface area contributed by atoms with E-state index in [0.29, 0.717) is 24.1 Å². The largest absolute Gasteiger partial charge is 0.451 e. The molecule has 35 heavy (non-hydrogen) atoms. The molecule has 0 radical (unpaired) electrons. The van der Waals surface area contributed by atoms with Crippen molar-refractivity contribution in [3.8, 4) is 0 Å². The van der Waals surface area contributed by atoms with Crippen LogP contribution in [-0.4, -0.2) is 77.4 Å². The first-order valence-corrected chi connectivity index (χ1v) is 13.2. The van der Waals surface area contributed by atoms with Gasteiger partial charge in [0.05, 0.1) is 24.3 Å². The fourth-order valence-electron chi connectivity index (χ4n) is 4.76. The molecule has 1 unspecified atom stereocenters. The molecule has 3 aromatic rings. The Morgan fingerprint density at radius 2 is 2.03 bits per heavy atom. The number of hydrogen-bond donors (Lipinski definition) is 0.